The average Bonchev–Trinajstić information content (AvgIpc) is 3.09. The number of nitrogens with zero attached hydrogens (tertiary/aromatic N) is 1. The highest BCUT2D eigenvalue weighted by Gasteiger charge is 2.47. The molecule has 1 saturated heterocycles. The highest BCUT2D eigenvalue weighted by molar-refractivity contribution is 6.51. The number of aliphatic hydroxyl groups excluding tert-OH is 1. The lowest BCUT2D eigenvalue weighted by Crippen LogP contribution is -2.29. The number of aryl methyl sites for hydroxylation is 2. The van der Waals surface area contributed by atoms with Gasteiger partial charge in [0.2, 0.25) is 0 Å². The molecule has 3 aromatic rings. The molecule has 0 spiro atoms. The molecule has 0 radical (unpaired) electrons. The monoisotopic (exact) mass is 477 g/mol. The molecule has 1 amide bonds. The van der Waals surface area contributed by atoms with Crippen LogP contribution < -0.4 is 14.4 Å². The van der Waals surface area contributed by atoms with E-state index in [0.29, 0.717) is 17.0 Å². The van der Waals surface area contributed by atoms with E-state index in [1.807, 2.05) is 26.0 Å². The molecule has 1 atom stereocenters. The first-order chi connectivity index (χ1) is 16.3. The molecule has 7 heteroatoms. The maximum absolute atomic E-state index is 13.4. The van der Waals surface area contributed by atoms with Crippen LogP contribution in [0, 0.1) is 13.8 Å². The third-order valence-electron chi connectivity index (χ3n) is 5.81. The molecule has 0 saturated carbocycles. The van der Waals surface area contributed by atoms with Crippen molar-refractivity contribution in [3.05, 3.63) is 93.5 Å². The van der Waals surface area contributed by atoms with E-state index in [-0.39, 0.29) is 27.7 Å². The Morgan fingerprint density at radius 2 is 1.65 bits per heavy atom. The van der Waals surface area contributed by atoms with Crippen molar-refractivity contribution in [3.63, 3.8) is 0 Å². The van der Waals surface area contributed by atoms with E-state index >= 15 is 0 Å². The molecule has 4 rings (SSSR count). The van der Waals surface area contributed by atoms with Gasteiger partial charge in [0.1, 0.15) is 17.3 Å². The minimum atomic E-state index is -0.887. The molecule has 1 aliphatic heterocycles. The fourth-order valence-corrected chi connectivity index (χ4v) is 4.54. The predicted molar refractivity (Wildman–Crippen MR) is 132 cm³/mol. The highest BCUT2D eigenvalue weighted by Crippen LogP contribution is 2.45. The lowest BCUT2D eigenvalue weighted by Gasteiger charge is -2.26. The number of ether oxygens (including phenoxy) is 2. The summed E-state index contributed by atoms with van der Waals surface area (Å²) in [7, 11) is 2.97. The van der Waals surface area contributed by atoms with Crippen LogP contribution in [0.15, 0.2) is 66.2 Å². The van der Waals surface area contributed by atoms with Crippen LogP contribution in [0.1, 0.15) is 28.3 Å². The number of anilines is 1. The Bertz CT molecular complexity index is 1310. The van der Waals surface area contributed by atoms with E-state index in [1.165, 1.54) is 19.1 Å². The van der Waals surface area contributed by atoms with Crippen LogP contribution >= 0.6 is 11.6 Å². The number of carbonyl (C=O) groups excluding carboxylic acids is 2. The van der Waals surface area contributed by atoms with Crippen LogP contribution in [0.3, 0.4) is 0 Å². The van der Waals surface area contributed by atoms with E-state index < -0.39 is 17.7 Å². The van der Waals surface area contributed by atoms with Crippen molar-refractivity contribution in [3.8, 4) is 11.5 Å². The molecule has 1 heterocycles. The number of halogens is 1. The van der Waals surface area contributed by atoms with Crippen molar-refractivity contribution in [2.24, 2.45) is 0 Å². The zero-order valence-corrected chi connectivity index (χ0v) is 20.0. The zero-order valence-electron chi connectivity index (χ0n) is 19.3. The number of Topliss-reactive ketones (excluding diaryl/α,β-unsaturated/α-hetero) is 1. The standard InChI is InChI=1S/C27H24ClNO5/c1-15-8-10-18(11-9-15)29-23(17-6-5-7-19(14-17)33-3)22(25(31)27(29)32)24(30)20-12-16(2)13-21(28)26(20)34-4/h5-14,23,30H,1-4H3/b24-22+. The second-order valence-electron chi connectivity index (χ2n) is 8.11. The number of methoxy groups -OCH3 is 2. The van der Waals surface area contributed by atoms with Gasteiger partial charge in [-0.2, -0.15) is 0 Å². The number of hydrogen-bond donors (Lipinski definition) is 1. The molecule has 1 unspecified atom stereocenters. The third kappa shape index (κ3) is 4.01. The number of ketones is 1. The van der Waals surface area contributed by atoms with E-state index in [1.54, 1.807) is 48.5 Å². The van der Waals surface area contributed by atoms with Gasteiger partial charge in [-0.1, -0.05) is 41.4 Å². The van der Waals surface area contributed by atoms with Crippen molar-refractivity contribution in [2.45, 2.75) is 19.9 Å². The average molecular weight is 478 g/mol. The molecule has 3 aromatic carbocycles. The fraction of sp³-hybridized carbons (Fsp3) is 0.185. The first-order valence-electron chi connectivity index (χ1n) is 10.6. The third-order valence-corrected chi connectivity index (χ3v) is 6.09. The Kier molecular flexibility index (Phi) is 6.35. The van der Waals surface area contributed by atoms with Crippen molar-refractivity contribution >= 4 is 34.7 Å². The summed E-state index contributed by atoms with van der Waals surface area (Å²) < 4.78 is 10.8. The summed E-state index contributed by atoms with van der Waals surface area (Å²) in [6.07, 6.45) is 0. The Hall–Kier alpha value is -3.77. The summed E-state index contributed by atoms with van der Waals surface area (Å²) in [6.45, 7) is 3.75. The number of carbonyl (C=O) groups is 2. The molecule has 0 aliphatic carbocycles. The molecular formula is C27H24ClNO5. The van der Waals surface area contributed by atoms with Crippen molar-refractivity contribution in [2.75, 3.05) is 19.1 Å². The second kappa shape index (κ2) is 9.23. The first kappa shape index (κ1) is 23.4. The Morgan fingerprint density at radius 3 is 2.29 bits per heavy atom. The van der Waals surface area contributed by atoms with E-state index in [2.05, 4.69) is 0 Å². The van der Waals surface area contributed by atoms with Gasteiger partial charge < -0.3 is 14.6 Å². The smallest absolute Gasteiger partial charge is 0.300 e. The van der Waals surface area contributed by atoms with Gasteiger partial charge in [0.15, 0.2) is 0 Å². The number of hydrogen-bond acceptors (Lipinski definition) is 5. The molecule has 34 heavy (non-hydrogen) atoms. The molecule has 174 valence electrons. The molecule has 1 aliphatic rings. The lowest BCUT2D eigenvalue weighted by molar-refractivity contribution is -0.132. The molecule has 0 aromatic heterocycles. The van der Waals surface area contributed by atoms with Crippen LogP contribution in [0.2, 0.25) is 5.02 Å². The predicted octanol–water partition coefficient (Wildman–Crippen LogP) is 5.60. The van der Waals surface area contributed by atoms with Gasteiger partial charge in [-0.3, -0.25) is 14.5 Å². The highest BCUT2D eigenvalue weighted by atomic mass is 35.5. The van der Waals surface area contributed by atoms with Gasteiger partial charge >= 0.3 is 0 Å². The van der Waals surface area contributed by atoms with E-state index in [9.17, 15) is 14.7 Å². The Labute approximate surface area is 203 Å². The van der Waals surface area contributed by atoms with Gasteiger partial charge in [0.25, 0.3) is 11.7 Å². The summed E-state index contributed by atoms with van der Waals surface area (Å²) in [5.74, 6) is -1.12. The minimum absolute atomic E-state index is 0.0567. The van der Waals surface area contributed by atoms with Gasteiger partial charge in [-0.05, 0) is 61.4 Å². The largest absolute Gasteiger partial charge is 0.507 e. The quantitative estimate of drug-likeness (QED) is 0.294. The van der Waals surface area contributed by atoms with Gasteiger partial charge in [-0.25, -0.2) is 0 Å². The minimum Gasteiger partial charge on any atom is -0.507 e. The van der Waals surface area contributed by atoms with Crippen LogP contribution in [0.4, 0.5) is 5.69 Å². The summed E-state index contributed by atoms with van der Waals surface area (Å²) in [4.78, 5) is 28.1. The first-order valence-corrected chi connectivity index (χ1v) is 11.0. The topological polar surface area (TPSA) is 76.1 Å². The SMILES string of the molecule is COc1cccc(C2/C(=C(\O)c3cc(C)cc(Cl)c3OC)C(=O)C(=O)N2c2ccc(C)cc2)c1. The maximum Gasteiger partial charge on any atom is 0.300 e. The second-order valence-corrected chi connectivity index (χ2v) is 8.52. The molecule has 6 nitrogen and oxygen atoms in total. The Morgan fingerprint density at radius 1 is 0.941 bits per heavy atom. The van der Waals surface area contributed by atoms with E-state index in [0.717, 1.165) is 11.1 Å². The number of benzene rings is 3. The fourth-order valence-electron chi connectivity index (χ4n) is 4.19. The summed E-state index contributed by atoms with van der Waals surface area (Å²) >= 11 is 6.35. The van der Waals surface area contributed by atoms with Crippen molar-refractivity contribution < 1.29 is 24.2 Å². The summed E-state index contributed by atoms with van der Waals surface area (Å²) in [6, 6.07) is 16.8. The normalized spacial score (nSPS) is 17.2. The van der Waals surface area contributed by atoms with Crippen LogP contribution in [-0.4, -0.2) is 31.0 Å². The zero-order chi connectivity index (χ0) is 24.6. The number of aliphatic hydroxyl groups is 1. The summed E-state index contributed by atoms with van der Waals surface area (Å²) in [5.41, 5.74) is 3.10. The van der Waals surface area contributed by atoms with Gasteiger partial charge in [0.05, 0.1) is 36.4 Å². The molecular weight excluding hydrogens is 454 g/mol. The molecule has 1 N–H and O–H groups in total. The van der Waals surface area contributed by atoms with Crippen molar-refractivity contribution in [1.29, 1.82) is 0 Å². The van der Waals surface area contributed by atoms with Gasteiger partial charge in [0, 0.05) is 5.69 Å². The van der Waals surface area contributed by atoms with Crippen LogP contribution in [0.5, 0.6) is 11.5 Å². The number of rotatable bonds is 5. The lowest BCUT2D eigenvalue weighted by atomic mass is 9.94. The van der Waals surface area contributed by atoms with Crippen molar-refractivity contribution in [1.82, 2.24) is 0 Å². The molecule has 0 bridgehead atoms. The van der Waals surface area contributed by atoms with Gasteiger partial charge in [-0.15, -0.1) is 0 Å². The summed E-state index contributed by atoms with van der Waals surface area (Å²) in [5, 5.41) is 11.7. The molecule has 1 fully saturated rings. The Balaban J connectivity index is 2.01. The maximum atomic E-state index is 13.4. The van der Waals surface area contributed by atoms with Crippen LogP contribution in [-0.2, 0) is 9.59 Å². The van der Waals surface area contributed by atoms with Crippen LogP contribution in [0.25, 0.3) is 5.76 Å². The number of amides is 1. The van der Waals surface area contributed by atoms with E-state index in [4.69, 9.17) is 21.1 Å².